The van der Waals surface area contributed by atoms with E-state index in [1.807, 2.05) is 4.90 Å². The number of carbonyl (C=O) groups excluding carboxylic acids is 1. The number of hydrogen-bond acceptors (Lipinski definition) is 6. The molecule has 1 aromatic carbocycles. The van der Waals surface area contributed by atoms with Crippen molar-refractivity contribution >= 4 is 33.2 Å². The van der Waals surface area contributed by atoms with Gasteiger partial charge in [0.05, 0.1) is 17.8 Å². The standard InChI is InChI=1S/C17H20ClF2N5O4S/c1-23-10-13(9-21-23)30(27,28)25-6-4-24(5-7-25)11-16(26)22-12-2-3-15(14(18)8-12)29-17(19)20/h2-3,8-10,17H,4-7,11H2,1H3,(H,22,26). The number of nitrogens with zero attached hydrogens (tertiary/aromatic N) is 4. The lowest BCUT2D eigenvalue weighted by Crippen LogP contribution is -2.50. The van der Waals surface area contributed by atoms with E-state index in [0.29, 0.717) is 18.8 Å². The number of ether oxygens (including phenoxy) is 1. The van der Waals surface area contributed by atoms with Gasteiger partial charge in [0.2, 0.25) is 15.9 Å². The number of anilines is 1. The number of rotatable bonds is 7. The van der Waals surface area contributed by atoms with Crippen molar-refractivity contribution in [2.24, 2.45) is 7.05 Å². The number of aromatic nitrogens is 2. The summed E-state index contributed by atoms with van der Waals surface area (Å²) in [5.41, 5.74) is 0.337. The highest BCUT2D eigenvalue weighted by molar-refractivity contribution is 7.89. The first-order chi connectivity index (χ1) is 14.1. The first-order valence-corrected chi connectivity index (χ1v) is 10.7. The molecule has 0 radical (unpaired) electrons. The lowest BCUT2D eigenvalue weighted by atomic mass is 10.3. The molecule has 1 N–H and O–H groups in total. The Balaban J connectivity index is 1.51. The average Bonchev–Trinajstić information content (AvgIpc) is 3.11. The van der Waals surface area contributed by atoms with Gasteiger partial charge in [-0.05, 0) is 18.2 Å². The number of carbonyl (C=O) groups is 1. The zero-order chi connectivity index (χ0) is 21.9. The maximum Gasteiger partial charge on any atom is 0.387 e. The second-order valence-corrected chi connectivity index (χ2v) is 8.95. The highest BCUT2D eigenvalue weighted by Gasteiger charge is 2.30. The molecule has 3 rings (SSSR count). The summed E-state index contributed by atoms with van der Waals surface area (Å²) in [6.07, 6.45) is 2.75. The SMILES string of the molecule is Cn1cc(S(=O)(=O)N2CCN(CC(=O)Nc3ccc(OC(F)F)c(Cl)c3)CC2)cn1. The van der Waals surface area contributed by atoms with E-state index in [1.165, 1.54) is 39.6 Å². The van der Waals surface area contributed by atoms with Crippen LogP contribution in [0.4, 0.5) is 14.5 Å². The molecule has 0 spiro atoms. The predicted molar refractivity (Wildman–Crippen MR) is 105 cm³/mol. The summed E-state index contributed by atoms with van der Waals surface area (Å²) in [5.74, 6) is -0.521. The van der Waals surface area contributed by atoms with E-state index < -0.39 is 16.6 Å². The number of sulfonamides is 1. The van der Waals surface area contributed by atoms with E-state index in [2.05, 4.69) is 15.2 Å². The van der Waals surface area contributed by atoms with Crippen LogP contribution in [0.15, 0.2) is 35.5 Å². The maximum absolute atomic E-state index is 12.6. The van der Waals surface area contributed by atoms with E-state index in [4.69, 9.17) is 11.6 Å². The lowest BCUT2D eigenvalue weighted by molar-refractivity contribution is -0.117. The molecular weight excluding hydrogens is 444 g/mol. The van der Waals surface area contributed by atoms with Gasteiger partial charge in [0, 0.05) is 45.1 Å². The van der Waals surface area contributed by atoms with Gasteiger partial charge in [-0.25, -0.2) is 8.42 Å². The highest BCUT2D eigenvalue weighted by Crippen LogP contribution is 2.29. The predicted octanol–water partition coefficient (Wildman–Crippen LogP) is 1.62. The van der Waals surface area contributed by atoms with E-state index in [1.54, 1.807) is 7.05 Å². The zero-order valence-corrected chi connectivity index (χ0v) is 17.5. The van der Waals surface area contributed by atoms with Crippen molar-refractivity contribution in [1.82, 2.24) is 19.0 Å². The van der Waals surface area contributed by atoms with Gasteiger partial charge in [-0.3, -0.25) is 14.4 Å². The highest BCUT2D eigenvalue weighted by atomic mass is 35.5. The Labute approximate surface area is 177 Å². The monoisotopic (exact) mass is 463 g/mol. The van der Waals surface area contributed by atoms with Crippen LogP contribution in [0.3, 0.4) is 0 Å². The third-order valence-electron chi connectivity index (χ3n) is 4.45. The number of amides is 1. The van der Waals surface area contributed by atoms with Gasteiger partial charge in [-0.1, -0.05) is 11.6 Å². The molecule has 9 nitrogen and oxygen atoms in total. The number of aryl methyl sites for hydroxylation is 1. The van der Waals surface area contributed by atoms with Crippen molar-refractivity contribution in [3.63, 3.8) is 0 Å². The quantitative estimate of drug-likeness (QED) is 0.670. The van der Waals surface area contributed by atoms with E-state index in [-0.39, 0.29) is 41.2 Å². The second-order valence-electron chi connectivity index (χ2n) is 6.60. The van der Waals surface area contributed by atoms with Crippen molar-refractivity contribution in [3.05, 3.63) is 35.6 Å². The summed E-state index contributed by atoms with van der Waals surface area (Å²) in [6.45, 7) is -1.69. The molecular formula is C17H20ClF2N5O4S. The molecule has 0 aliphatic carbocycles. The van der Waals surface area contributed by atoms with Gasteiger partial charge in [0.1, 0.15) is 10.6 Å². The Bertz CT molecular complexity index is 1010. The Morgan fingerprint density at radius 3 is 2.57 bits per heavy atom. The van der Waals surface area contributed by atoms with Crippen LogP contribution in [0.1, 0.15) is 0 Å². The largest absolute Gasteiger partial charge is 0.433 e. The number of piperazine rings is 1. The van der Waals surface area contributed by atoms with Crippen molar-refractivity contribution in [1.29, 1.82) is 0 Å². The summed E-state index contributed by atoms with van der Waals surface area (Å²) in [5, 5.41) is 6.47. The van der Waals surface area contributed by atoms with Gasteiger partial charge in [0.15, 0.2) is 0 Å². The number of benzene rings is 1. The molecule has 2 heterocycles. The smallest absolute Gasteiger partial charge is 0.387 e. The van der Waals surface area contributed by atoms with Gasteiger partial charge in [-0.15, -0.1) is 0 Å². The van der Waals surface area contributed by atoms with Crippen LogP contribution in [0, 0.1) is 0 Å². The van der Waals surface area contributed by atoms with Crippen LogP contribution in [-0.4, -0.2) is 72.6 Å². The third kappa shape index (κ3) is 5.45. The summed E-state index contributed by atoms with van der Waals surface area (Å²) >= 11 is 5.87. The van der Waals surface area contributed by atoms with Gasteiger partial charge in [-0.2, -0.15) is 18.2 Å². The Morgan fingerprint density at radius 2 is 2.00 bits per heavy atom. The fraction of sp³-hybridized carbons (Fsp3) is 0.412. The van der Waals surface area contributed by atoms with Crippen LogP contribution in [0.5, 0.6) is 5.75 Å². The lowest BCUT2D eigenvalue weighted by Gasteiger charge is -2.33. The minimum atomic E-state index is -3.62. The molecule has 164 valence electrons. The number of alkyl halides is 2. The van der Waals surface area contributed by atoms with Crippen molar-refractivity contribution in [3.8, 4) is 5.75 Å². The van der Waals surface area contributed by atoms with Crippen LogP contribution in [0.2, 0.25) is 5.02 Å². The molecule has 1 aliphatic rings. The Kier molecular flexibility index (Phi) is 6.91. The van der Waals surface area contributed by atoms with Crippen LogP contribution < -0.4 is 10.1 Å². The summed E-state index contributed by atoms with van der Waals surface area (Å²) in [7, 11) is -1.98. The second kappa shape index (κ2) is 9.25. The van der Waals surface area contributed by atoms with E-state index >= 15 is 0 Å². The van der Waals surface area contributed by atoms with Gasteiger partial charge < -0.3 is 10.1 Å². The van der Waals surface area contributed by atoms with Crippen molar-refractivity contribution < 1.29 is 26.7 Å². The summed E-state index contributed by atoms with van der Waals surface area (Å²) < 4.78 is 56.8. The molecule has 1 amide bonds. The average molecular weight is 464 g/mol. The molecule has 1 saturated heterocycles. The number of nitrogens with one attached hydrogen (secondary N) is 1. The first kappa shape index (κ1) is 22.4. The van der Waals surface area contributed by atoms with Crippen LogP contribution in [0.25, 0.3) is 0 Å². The molecule has 2 aromatic rings. The molecule has 1 fully saturated rings. The fourth-order valence-corrected chi connectivity index (χ4v) is 4.62. The number of halogens is 3. The van der Waals surface area contributed by atoms with E-state index in [0.717, 1.165) is 0 Å². The normalized spacial score (nSPS) is 16.0. The zero-order valence-electron chi connectivity index (χ0n) is 16.0. The third-order valence-corrected chi connectivity index (χ3v) is 6.60. The van der Waals surface area contributed by atoms with Crippen LogP contribution in [-0.2, 0) is 21.9 Å². The molecule has 0 atom stereocenters. The van der Waals surface area contributed by atoms with Gasteiger partial charge >= 0.3 is 6.61 Å². The minimum Gasteiger partial charge on any atom is -0.433 e. The molecule has 1 aliphatic heterocycles. The molecule has 30 heavy (non-hydrogen) atoms. The Hall–Kier alpha value is -2.28. The molecule has 0 saturated carbocycles. The fourth-order valence-electron chi connectivity index (χ4n) is 2.98. The summed E-state index contributed by atoms with van der Waals surface area (Å²) in [6, 6.07) is 3.96. The molecule has 0 unspecified atom stereocenters. The Morgan fingerprint density at radius 1 is 1.30 bits per heavy atom. The van der Waals surface area contributed by atoms with Crippen molar-refractivity contribution in [2.45, 2.75) is 11.5 Å². The maximum atomic E-state index is 12.6. The minimum absolute atomic E-state index is 0.0493. The molecule has 0 bridgehead atoms. The molecule has 13 heteroatoms. The number of hydrogen-bond donors (Lipinski definition) is 1. The summed E-state index contributed by atoms with van der Waals surface area (Å²) in [4.78, 5) is 14.2. The molecule has 1 aromatic heterocycles. The first-order valence-electron chi connectivity index (χ1n) is 8.90. The van der Waals surface area contributed by atoms with Gasteiger partial charge in [0.25, 0.3) is 0 Å². The van der Waals surface area contributed by atoms with Crippen molar-refractivity contribution in [2.75, 3.05) is 38.0 Å². The topological polar surface area (TPSA) is 96.8 Å². The van der Waals surface area contributed by atoms with E-state index in [9.17, 15) is 22.0 Å². The van der Waals surface area contributed by atoms with Crippen LogP contribution >= 0.6 is 11.6 Å².